The Morgan fingerprint density at radius 1 is 1.08 bits per heavy atom. The van der Waals surface area contributed by atoms with Crippen molar-refractivity contribution in [3.8, 4) is 17.2 Å². The van der Waals surface area contributed by atoms with Gasteiger partial charge in [-0.25, -0.2) is 0 Å². The molecular formula is C20H26N2O4. The van der Waals surface area contributed by atoms with Gasteiger partial charge in [0.05, 0.1) is 32.2 Å². The lowest BCUT2D eigenvalue weighted by Crippen LogP contribution is -2.13. The third kappa shape index (κ3) is 5.05. The van der Waals surface area contributed by atoms with Gasteiger partial charge in [-0.2, -0.15) is 0 Å². The quantitative estimate of drug-likeness (QED) is 0.698. The SMILES string of the molecule is COc1ccc(N)c(NC(=O)c2ccc(OCCC(C)C)c(OC)c2)c1. The lowest BCUT2D eigenvalue weighted by atomic mass is 10.1. The molecule has 0 fully saturated rings. The first-order valence-corrected chi connectivity index (χ1v) is 8.50. The van der Waals surface area contributed by atoms with Crippen LogP contribution in [0.1, 0.15) is 30.6 Å². The van der Waals surface area contributed by atoms with E-state index in [0.717, 1.165) is 6.42 Å². The predicted molar refractivity (Wildman–Crippen MR) is 103 cm³/mol. The summed E-state index contributed by atoms with van der Waals surface area (Å²) in [6.45, 7) is 4.87. The third-order valence-corrected chi connectivity index (χ3v) is 3.89. The van der Waals surface area contributed by atoms with Crippen LogP contribution in [0, 0.1) is 5.92 Å². The highest BCUT2D eigenvalue weighted by Gasteiger charge is 2.13. The van der Waals surface area contributed by atoms with E-state index in [-0.39, 0.29) is 5.91 Å². The summed E-state index contributed by atoms with van der Waals surface area (Å²) in [7, 11) is 3.10. The van der Waals surface area contributed by atoms with Gasteiger partial charge in [0.2, 0.25) is 0 Å². The Bertz CT molecular complexity index is 759. The number of ether oxygens (including phenoxy) is 3. The molecule has 0 aromatic heterocycles. The molecule has 0 unspecified atom stereocenters. The summed E-state index contributed by atoms with van der Waals surface area (Å²) in [5.41, 5.74) is 7.31. The highest BCUT2D eigenvalue weighted by molar-refractivity contribution is 6.06. The Morgan fingerprint density at radius 2 is 1.85 bits per heavy atom. The molecule has 0 aliphatic carbocycles. The maximum absolute atomic E-state index is 12.5. The molecule has 0 atom stereocenters. The van der Waals surface area contributed by atoms with Crippen molar-refractivity contribution in [1.82, 2.24) is 0 Å². The molecule has 0 spiro atoms. The molecule has 0 radical (unpaired) electrons. The molecule has 0 saturated heterocycles. The van der Waals surface area contributed by atoms with Crippen LogP contribution in [0.4, 0.5) is 11.4 Å². The van der Waals surface area contributed by atoms with Gasteiger partial charge in [0.1, 0.15) is 5.75 Å². The summed E-state index contributed by atoms with van der Waals surface area (Å²) in [6.07, 6.45) is 0.945. The molecule has 0 bridgehead atoms. The largest absolute Gasteiger partial charge is 0.497 e. The Balaban J connectivity index is 2.14. The van der Waals surface area contributed by atoms with Crippen LogP contribution in [-0.4, -0.2) is 26.7 Å². The van der Waals surface area contributed by atoms with E-state index in [1.165, 1.54) is 0 Å². The third-order valence-electron chi connectivity index (χ3n) is 3.89. The lowest BCUT2D eigenvalue weighted by molar-refractivity contribution is 0.102. The van der Waals surface area contributed by atoms with Crippen LogP contribution in [0.15, 0.2) is 36.4 Å². The highest BCUT2D eigenvalue weighted by Crippen LogP contribution is 2.30. The number of carbonyl (C=O) groups excluding carboxylic acids is 1. The first kappa shape index (κ1) is 19.4. The van der Waals surface area contributed by atoms with Crippen LogP contribution in [-0.2, 0) is 0 Å². The van der Waals surface area contributed by atoms with E-state index in [1.54, 1.807) is 50.6 Å². The van der Waals surface area contributed by atoms with Crippen molar-refractivity contribution in [3.05, 3.63) is 42.0 Å². The second kappa shape index (κ2) is 8.99. The average Bonchev–Trinajstić information content (AvgIpc) is 2.63. The number of methoxy groups -OCH3 is 2. The van der Waals surface area contributed by atoms with E-state index in [0.29, 0.717) is 46.7 Å². The number of anilines is 2. The van der Waals surface area contributed by atoms with Crippen molar-refractivity contribution in [2.45, 2.75) is 20.3 Å². The minimum absolute atomic E-state index is 0.294. The van der Waals surface area contributed by atoms with E-state index >= 15 is 0 Å². The van der Waals surface area contributed by atoms with Gasteiger partial charge in [-0.05, 0) is 42.7 Å². The second-order valence-corrected chi connectivity index (χ2v) is 6.30. The molecule has 140 valence electrons. The number of benzene rings is 2. The molecule has 0 aliphatic heterocycles. The normalized spacial score (nSPS) is 10.5. The van der Waals surface area contributed by atoms with Gasteiger partial charge in [0.25, 0.3) is 5.91 Å². The molecule has 3 N–H and O–H groups in total. The van der Waals surface area contributed by atoms with E-state index < -0.39 is 0 Å². The lowest BCUT2D eigenvalue weighted by Gasteiger charge is -2.14. The van der Waals surface area contributed by atoms with Crippen molar-refractivity contribution >= 4 is 17.3 Å². The van der Waals surface area contributed by atoms with Crippen molar-refractivity contribution in [2.24, 2.45) is 5.92 Å². The predicted octanol–water partition coefficient (Wildman–Crippen LogP) is 3.96. The molecule has 0 aliphatic rings. The number of carbonyl (C=O) groups is 1. The van der Waals surface area contributed by atoms with Crippen molar-refractivity contribution in [3.63, 3.8) is 0 Å². The van der Waals surface area contributed by atoms with Crippen LogP contribution in [0.3, 0.4) is 0 Å². The highest BCUT2D eigenvalue weighted by atomic mass is 16.5. The Morgan fingerprint density at radius 3 is 2.50 bits per heavy atom. The zero-order valence-corrected chi connectivity index (χ0v) is 15.7. The Kier molecular flexibility index (Phi) is 6.72. The zero-order valence-electron chi connectivity index (χ0n) is 15.7. The number of hydrogen-bond acceptors (Lipinski definition) is 5. The first-order valence-electron chi connectivity index (χ1n) is 8.50. The molecule has 6 nitrogen and oxygen atoms in total. The zero-order chi connectivity index (χ0) is 19.1. The fourth-order valence-electron chi connectivity index (χ4n) is 2.30. The monoisotopic (exact) mass is 358 g/mol. The molecular weight excluding hydrogens is 332 g/mol. The second-order valence-electron chi connectivity index (χ2n) is 6.30. The standard InChI is InChI=1S/C20H26N2O4/c1-13(2)9-10-26-18-8-5-14(11-19(18)25-4)20(23)22-17-12-15(24-3)6-7-16(17)21/h5-8,11-13H,9-10,21H2,1-4H3,(H,22,23). The summed E-state index contributed by atoms with van der Waals surface area (Å²) in [5, 5.41) is 2.79. The maximum atomic E-state index is 12.5. The van der Waals surface area contributed by atoms with Gasteiger partial charge in [0.15, 0.2) is 11.5 Å². The summed E-state index contributed by atoms with van der Waals surface area (Å²) in [5.74, 6) is 2.00. The summed E-state index contributed by atoms with van der Waals surface area (Å²) < 4.78 is 16.3. The van der Waals surface area contributed by atoms with Gasteiger partial charge in [-0.1, -0.05) is 13.8 Å². The molecule has 2 aromatic rings. The number of nitrogens with two attached hydrogens (primary N) is 1. The topological polar surface area (TPSA) is 82.8 Å². The smallest absolute Gasteiger partial charge is 0.255 e. The summed E-state index contributed by atoms with van der Waals surface area (Å²) in [6, 6.07) is 10.2. The van der Waals surface area contributed by atoms with Gasteiger partial charge < -0.3 is 25.3 Å². The number of rotatable bonds is 8. The van der Waals surface area contributed by atoms with Gasteiger partial charge in [-0.3, -0.25) is 4.79 Å². The molecule has 0 saturated carbocycles. The maximum Gasteiger partial charge on any atom is 0.255 e. The minimum atomic E-state index is -0.294. The number of hydrogen-bond donors (Lipinski definition) is 2. The van der Waals surface area contributed by atoms with Crippen LogP contribution >= 0.6 is 0 Å². The van der Waals surface area contributed by atoms with Crippen molar-refractivity contribution in [1.29, 1.82) is 0 Å². The fraction of sp³-hybridized carbons (Fsp3) is 0.350. The molecule has 2 aromatic carbocycles. The molecule has 26 heavy (non-hydrogen) atoms. The number of nitrogens with one attached hydrogen (secondary N) is 1. The average molecular weight is 358 g/mol. The van der Waals surface area contributed by atoms with Crippen LogP contribution in [0.25, 0.3) is 0 Å². The number of nitrogen functional groups attached to an aromatic ring is 1. The van der Waals surface area contributed by atoms with Crippen LogP contribution < -0.4 is 25.3 Å². The van der Waals surface area contributed by atoms with Gasteiger partial charge in [-0.15, -0.1) is 0 Å². The van der Waals surface area contributed by atoms with E-state index in [4.69, 9.17) is 19.9 Å². The molecule has 1 amide bonds. The Hall–Kier alpha value is -2.89. The van der Waals surface area contributed by atoms with Crippen LogP contribution in [0.2, 0.25) is 0 Å². The van der Waals surface area contributed by atoms with Crippen molar-refractivity contribution in [2.75, 3.05) is 31.9 Å². The molecule has 0 heterocycles. The fourth-order valence-corrected chi connectivity index (χ4v) is 2.30. The summed E-state index contributed by atoms with van der Waals surface area (Å²) in [4.78, 5) is 12.5. The Labute approximate surface area is 154 Å². The van der Waals surface area contributed by atoms with E-state index in [1.807, 2.05) is 0 Å². The van der Waals surface area contributed by atoms with Gasteiger partial charge >= 0.3 is 0 Å². The first-order chi connectivity index (χ1) is 12.4. The van der Waals surface area contributed by atoms with Gasteiger partial charge in [0, 0.05) is 11.6 Å². The van der Waals surface area contributed by atoms with Crippen LogP contribution in [0.5, 0.6) is 17.2 Å². The van der Waals surface area contributed by atoms with E-state index in [2.05, 4.69) is 19.2 Å². The van der Waals surface area contributed by atoms with Crippen molar-refractivity contribution < 1.29 is 19.0 Å². The number of amides is 1. The van der Waals surface area contributed by atoms with E-state index in [9.17, 15) is 4.79 Å². The summed E-state index contributed by atoms with van der Waals surface area (Å²) >= 11 is 0. The molecule has 6 heteroatoms. The molecule has 2 rings (SSSR count). The minimum Gasteiger partial charge on any atom is -0.497 e.